The van der Waals surface area contributed by atoms with Gasteiger partial charge >= 0.3 is 18.0 Å². The summed E-state index contributed by atoms with van der Waals surface area (Å²) >= 11 is 0. The number of methoxy groups -OCH3 is 1. The number of urea groups is 1. The first kappa shape index (κ1) is 24.9. The summed E-state index contributed by atoms with van der Waals surface area (Å²) in [5, 5.41) is 7.94. The molecule has 9 nitrogen and oxygen atoms in total. The largest absolute Gasteiger partial charge is 0.467 e. The standard InChI is InChI=1S/C21H31N3O6/c1-13(2)10-17(20(27)29-5)24-18(25)12-30-19(26)16-8-6-15(7-9-16)11-22-21(28)23-14(3)4/h6-9,13-14,17H,10-12H2,1-5H3,(H,24,25)(H2,22,23,28)/t17-/m0/s1. The Morgan fingerprint density at radius 3 is 2.13 bits per heavy atom. The van der Waals surface area contributed by atoms with Crippen molar-refractivity contribution in [3.63, 3.8) is 0 Å². The molecule has 0 heterocycles. The number of nitrogens with one attached hydrogen (secondary N) is 3. The third-order valence-electron chi connectivity index (χ3n) is 3.92. The molecule has 0 radical (unpaired) electrons. The van der Waals surface area contributed by atoms with Crippen molar-refractivity contribution in [3.05, 3.63) is 35.4 Å². The Labute approximate surface area is 176 Å². The topological polar surface area (TPSA) is 123 Å². The summed E-state index contributed by atoms with van der Waals surface area (Å²) in [5.41, 5.74) is 1.07. The molecule has 1 atom stereocenters. The van der Waals surface area contributed by atoms with Gasteiger partial charge in [-0.25, -0.2) is 14.4 Å². The molecule has 0 aliphatic heterocycles. The maximum atomic E-state index is 12.1. The van der Waals surface area contributed by atoms with E-state index in [9.17, 15) is 19.2 Å². The quantitative estimate of drug-likeness (QED) is 0.495. The normalized spacial score (nSPS) is 11.6. The molecule has 0 aliphatic carbocycles. The zero-order valence-electron chi connectivity index (χ0n) is 18.1. The molecule has 0 aromatic heterocycles. The summed E-state index contributed by atoms with van der Waals surface area (Å²) in [6, 6.07) is 5.43. The number of rotatable bonds is 10. The number of hydrogen-bond acceptors (Lipinski definition) is 6. The maximum absolute atomic E-state index is 12.1. The van der Waals surface area contributed by atoms with Crippen LogP contribution in [0.3, 0.4) is 0 Å². The molecule has 9 heteroatoms. The molecule has 1 rings (SSSR count). The average Bonchev–Trinajstić information content (AvgIpc) is 2.68. The predicted octanol–water partition coefficient (Wildman–Crippen LogP) is 1.75. The lowest BCUT2D eigenvalue weighted by Crippen LogP contribution is -2.44. The number of carbonyl (C=O) groups excluding carboxylic acids is 4. The SMILES string of the molecule is COC(=O)[C@H](CC(C)C)NC(=O)COC(=O)c1ccc(CNC(=O)NC(C)C)cc1. The number of benzene rings is 1. The lowest BCUT2D eigenvalue weighted by molar-refractivity contribution is -0.145. The van der Waals surface area contributed by atoms with Gasteiger partial charge in [-0.05, 0) is 43.9 Å². The van der Waals surface area contributed by atoms with Gasteiger partial charge in [-0.1, -0.05) is 26.0 Å². The van der Waals surface area contributed by atoms with Crippen LogP contribution in [-0.2, 0) is 25.6 Å². The molecule has 1 aromatic rings. The van der Waals surface area contributed by atoms with Crippen LogP contribution in [0.2, 0.25) is 0 Å². The maximum Gasteiger partial charge on any atom is 0.338 e. The number of carbonyl (C=O) groups is 4. The van der Waals surface area contributed by atoms with Crippen LogP contribution < -0.4 is 16.0 Å². The van der Waals surface area contributed by atoms with Crippen molar-refractivity contribution in [2.45, 2.75) is 52.7 Å². The Balaban J connectivity index is 2.51. The van der Waals surface area contributed by atoms with Crippen molar-refractivity contribution in [3.8, 4) is 0 Å². The van der Waals surface area contributed by atoms with Crippen LogP contribution in [0.25, 0.3) is 0 Å². The monoisotopic (exact) mass is 421 g/mol. The van der Waals surface area contributed by atoms with Crippen LogP contribution in [0, 0.1) is 5.92 Å². The van der Waals surface area contributed by atoms with Crippen molar-refractivity contribution in [1.82, 2.24) is 16.0 Å². The Bertz CT molecular complexity index is 731. The van der Waals surface area contributed by atoms with Gasteiger partial charge in [-0.2, -0.15) is 0 Å². The molecular weight excluding hydrogens is 390 g/mol. The molecule has 30 heavy (non-hydrogen) atoms. The highest BCUT2D eigenvalue weighted by Gasteiger charge is 2.23. The minimum Gasteiger partial charge on any atom is -0.467 e. The van der Waals surface area contributed by atoms with E-state index in [2.05, 4.69) is 20.7 Å². The Morgan fingerprint density at radius 1 is 0.967 bits per heavy atom. The van der Waals surface area contributed by atoms with E-state index in [1.165, 1.54) is 7.11 Å². The van der Waals surface area contributed by atoms with Crippen LogP contribution in [0.1, 0.15) is 50.0 Å². The lowest BCUT2D eigenvalue weighted by atomic mass is 10.0. The third-order valence-corrected chi connectivity index (χ3v) is 3.92. The minimum atomic E-state index is -0.791. The zero-order valence-corrected chi connectivity index (χ0v) is 18.1. The number of amides is 3. The first-order valence-electron chi connectivity index (χ1n) is 9.80. The van der Waals surface area contributed by atoms with E-state index in [1.807, 2.05) is 27.7 Å². The smallest absolute Gasteiger partial charge is 0.338 e. The molecule has 3 amide bonds. The van der Waals surface area contributed by atoms with Crippen LogP contribution in [0.5, 0.6) is 0 Å². The molecular formula is C21H31N3O6. The Hall–Kier alpha value is -3.10. The van der Waals surface area contributed by atoms with Crippen LogP contribution in [-0.4, -0.2) is 49.7 Å². The van der Waals surface area contributed by atoms with Gasteiger partial charge in [-0.3, -0.25) is 4.79 Å². The summed E-state index contributed by atoms with van der Waals surface area (Å²) in [7, 11) is 1.25. The predicted molar refractivity (Wildman–Crippen MR) is 111 cm³/mol. The summed E-state index contributed by atoms with van der Waals surface area (Å²) in [6.07, 6.45) is 0.414. The van der Waals surface area contributed by atoms with Gasteiger partial charge in [0.15, 0.2) is 6.61 Å². The lowest BCUT2D eigenvalue weighted by Gasteiger charge is -2.18. The molecule has 0 saturated heterocycles. The highest BCUT2D eigenvalue weighted by molar-refractivity contribution is 5.92. The summed E-state index contributed by atoms with van der Waals surface area (Å²) in [5.74, 6) is -1.63. The second kappa shape index (κ2) is 12.5. The molecule has 3 N–H and O–H groups in total. The van der Waals surface area contributed by atoms with Gasteiger partial charge in [0.2, 0.25) is 0 Å². The first-order chi connectivity index (χ1) is 14.1. The number of esters is 2. The molecule has 0 aliphatic rings. The van der Waals surface area contributed by atoms with Gasteiger partial charge in [0, 0.05) is 12.6 Å². The molecule has 166 valence electrons. The van der Waals surface area contributed by atoms with E-state index < -0.39 is 30.5 Å². The van der Waals surface area contributed by atoms with Gasteiger partial charge < -0.3 is 25.4 Å². The molecule has 0 bridgehead atoms. The summed E-state index contributed by atoms with van der Waals surface area (Å²) in [6.45, 7) is 7.35. The fraction of sp³-hybridized carbons (Fsp3) is 0.524. The number of hydrogen-bond donors (Lipinski definition) is 3. The molecule has 0 unspecified atom stereocenters. The van der Waals surface area contributed by atoms with Crippen LogP contribution >= 0.6 is 0 Å². The van der Waals surface area contributed by atoms with Crippen molar-refractivity contribution in [2.24, 2.45) is 5.92 Å². The van der Waals surface area contributed by atoms with E-state index in [0.717, 1.165) is 5.56 Å². The van der Waals surface area contributed by atoms with E-state index in [4.69, 9.17) is 4.74 Å². The van der Waals surface area contributed by atoms with E-state index in [0.29, 0.717) is 13.0 Å². The van der Waals surface area contributed by atoms with E-state index in [-0.39, 0.29) is 23.6 Å². The molecule has 0 fully saturated rings. The molecule has 0 spiro atoms. The molecule has 1 aromatic carbocycles. The molecule has 0 saturated carbocycles. The van der Waals surface area contributed by atoms with E-state index >= 15 is 0 Å². The fourth-order valence-corrected chi connectivity index (χ4v) is 2.53. The summed E-state index contributed by atoms with van der Waals surface area (Å²) < 4.78 is 9.69. The zero-order chi connectivity index (χ0) is 22.7. The average molecular weight is 421 g/mol. The Kier molecular flexibility index (Phi) is 10.4. The highest BCUT2D eigenvalue weighted by Crippen LogP contribution is 2.08. The first-order valence-corrected chi connectivity index (χ1v) is 9.80. The second-order valence-electron chi connectivity index (χ2n) is 7.53. The van der Waals surface area contributed by atoms with Crippen LogP contribution in [0.4, 0.5) is 4.79 Å². The second-order valence-corrected chi connectivity index (χ2v) is 7.53. The van der Waals surface area contributed by atoms with Gasteiger partial charge in [0.1, 0.15) is 6.04 Å². The highest BCUT2D eigenvalue weighted by atomic mass is 16.5. The van der Waals surface area contributed by atoms with Crippen molar-refractivity contribution < 1.29 is 28.7 Å². The van der Waals surface area contributed by atoms with Crippen LogP contribution in [0.15, 0.2) is 24.3 Å². The minimum absolute atomic E-state index is 0.0348. The van der Waals surface area contributed by atoms with Crippen molar-refractivity contribution in [2.75, 3.05) is 13.7 Å². The fourth-order valence-electron chi connectivity index (χ4n) is 2.53. The number of ether oxygens (including phenoxy) is 2. The van der Waals surface area contributed by atoms with Gasteiger partial charge in [0.25, 0.3) is 5.91 Å². The van der Waals surface area contributed by atoms with Crippen molar-refractivity contribution >= 4 is 23.9 Å². The third kappa shape index (κ3) is 9.40. The van der Waals surface area contributed by atoms with E-state index in [1.54, 1.807) is 24.3 Å². The summed E-state index contributed by atoms with van der Waals surface area (Å²) in [4.78, 5) is 47.5. The van der Waals surface area contributed by atoms with Gasteiger partial charge in [0.05, 0.1) is 12.7 Å². The van der Waals surface area contributed by atoms with Crippen molar-refractivity contribution in [1.29, 1.82) is 0 Å². The van der Waals surface area contributed by atoms with Gasteiger partial charge in [-0.15, -0.1) is 0 Å². The Morgan fingerprint density at radius 2 is 1.60 bits per heavy atom.